The normalized spacial score (nSPS) is 11.0. The molecule has 15 nitrogen and oxygen atoms in total. The van der Waals surface area contributed by atoms with Crippen molar-refractivity contribution in [1.82, 2.24) is 24.9 Å². The first-order chi connectivity index (χ1) is 69.6. The Hall–Kier alpha value is -11.4. The average Bonchev–Trinajstić information content (AvgIpc) is 0.794. The van der Waals surface area contributed by atoms with Crippen LogP contribution in [0, 0.1) is 76.4 Å². The number of Topliss-reactive ketones (excluding diaryl/α,β-unsaturated/α-hetero) is 10. The Bertz CT molecular complexity index is 6680. The van der Waals surface area contributed by atoms with Gasteiger partial charge in [0.05, 0.1) is 32.1 Å². The molecule has 0 fully saturated rings. The summed E-state index contributed by atoms with van der Waals surface area (Å²) in [7, 11) is 0. The molecule has 10 aromatic carbocycles. The van der Waals surface area contributed by atoms with Gasteiger partial charge in [-0.15, -0.1) is 137 Å². The first kappa shape index (κ1) is 129. The number of fused-ring (bicyclic) bond motifs is 5. The maximum Gasteiger partial charge on any atom is 0.399 e. The summed E-state index contributed by atoms with van der Waals surface area (Å²) < 4.78 is 145. The van der Waals surface area contributed by atoms with E-state index in [-0.39, 0.29) is 209 Å². The molecule has 0 spiro atoms. The monoisotopic (exact) mass is 2940 g/mol. The van der Waals surface area contributed by atoms with Gasteiger partial charge >= 0.3 is 12.4 Å². The summed E-state index contributed by atoms with van der Waals surface area (Å²) >= 11 is 0. The predicted octanol–water partition coefficient (Wildman–Crippen LogP) is 31.4. The standard InChI is InChI=1S/C19H18N.2C16H9F3N.C16H11FN.C15H8F2N.2C11H20O2.3C5H8O2.5Ir.8H2/c1-19(2,3)16-10-8-15(9-11-16)18-17-7-5-4-6-14(17)12-13-20-18;17-16(18,19)14-7-3-6-12(8-14)15-9-11-4-1-2-5-13(11)10-20-15;17-16(18,19)13-7-5-12(6-8-13)15-14-4-2-1-3-11(14)9-10-20-15;1-11-10-13(6-7-15(11)17)16-14-5-3-2-4-12(14)8-9-18-16;16-12-7-11(8-13(17)9-12)15-14-4-2-1-3-10(14)5-6-18-15;2*1-10(2,3)8(12)7-9(13)11(4,5)6;3*1-4(6)3-5(2)7;;;;;;;;;;;;;/h4-8,10-13H,1-3H3;2*1-5,7-10H;2-5,7-10H,1H3;1-7,9H;2*7H2,1-6H3;3*3H2,1-2H3;;;;;;8*1H/q5*-1;;;;;;;;;;;;;;;;;;/i;;;;;;;;;;;;;;;3*1+1D;5*1+1. The Kier molecular flexibility index (Phi) is 53.7. The van der Waals surface area contributed by atoms with E-state index >= 15 is 0 Å². The fourth-order valence-electron chi connectivity index (χ4n) is 12.9. The van der Waals surface area contributed by atoms with Gasteiger partial charge < -0.3 is 24.9 Å². The van der Waals surface area contributed by atoms with E-state index in [2.05, 4.69) is 118 Å². The third kappa shape index (κ3) is 45.6. The van der Waals surface area contributed by atoms with Crippen molar-refractivity contribution in [3.05, 3.63) is 332 Å². The van der Waals surface area contributed by atoms with E-state index in [4.69, 9.17) is 8.91 Å². The van der Waals surface area contributed by atoms with Crippen molar-refractivity contribution in [1.29, 1.82) is 0 Å². The van der Waals surface area contributed by atoms with Gasteiger partial charge in [0.25, 0.3) is 0 Å². The van der Waals surface area contributed by atoms with Crippen LogP contribution in [0.3, 0.4) is 0 Å². The van der Waals surface area contributed by atoms with E-state index in [9.17, 15) is 87.5 Å². The van der Waals surface area contributed by atoms with Gasteiger partial charge in [-0.05, 0) is 165 Å². The van der Waals surface area contributed by atoms with E-state index in [1.54, 1.807) is 43.8 Å². The molecule has 5 radical (unpaired) electrons. The van der Waals surface area contributed by atoms with E-state index in [0.717, 1.165) is 95.9 Å². The molecule has 0 atom stereocenters. The van der Waals surface area contributed by atoms with Crippen LogP contribution < -0.4 is 0 Å². The Morgan fingerprint density at radius 1 is 0.304 bits per heavy atom. The third-order valence-corrected chi connectivity index (χ3v) is 20.9. The minimum absolute atomic E-state index is 0. The first-order valence-electron chi connectivity index (χ1n) is 48.7. The van der Waals surface area contributed by atoms with Crippen LogP contribution in [0.4, 0.5) is 39.5 Å². The fourth-order valence-corrected chi connectivity index (χ4v) is 12.9. The van der Waals surface area contributed by atoms with Gasteiger partial charge in [-0.1, -0.05) is 250 Å². The maximum absolute atomic E-state index is 13.3. The molecule has 0 aliphatic carbocycles. The van der Waals surface area contributed by atoms with E-state index in [0.29, 0.717) is 39.3 Å². The summed E-state index contributed by atoms with van der Waals surface area (Å²) in [4.78, 5) is 128. The quantitative estimate of drug-likeness (QED) is 0.0527. The molecule has 29 heteroatoms. The van der Waals surface area contributed by atoms with Gasteiger partial charge in [0.2, 0.25) is 0 Å². The summed E-state index contributed by atoms with van der Waals surface area (Å²) in [6.07, 6.45) is 0.214. The van der Waals surface area contributed by atoms with Crippen LogP contribution >= 0.6 is 0 Å². The number of aromatic nitrogens is 5. The van der Waals surface area contributed by atoms with Crippen molar-refractivity contribution in [2.24, 2.45) is 21.7 Å². The van der Waals surface area contributed by atoms with Crippen LogP contribution in [0.1, 0.15) is 216 Å². The van der Waals surface area contributed by atoms with E-state index < -0.39 is 56.8 Å². The topological polar surface area (TPSA) is 235 Å². The minimum Gasteiger partial charge on any atom is -0.304 e. The molecule has 15 rings (SSSR count). The zero-order chi connectivity index (χ0) is 113. The second kappa shape index (κ2) is 61.6. The Morgan fingerprint density at radius 3 is 0.912 bits per heavy atom. The van der Waals surface area contributed by atoms with Crippen LogP contribution in [-0.2, 0) is 166 Å². The van der Waals surface area contributed by atoms with E-state index in [1.165, 1.54) is 82.1 Å². The number of benzene rings is 10. The van der Waals surface area contributed by atoms with Crippen molar-refractivity contribution in [3.63, 3.8) is 0 Å². The average molecular weight is 2940 g/mol. The molecular formula is C119H135F9Ir5N5O10-5. The second-order valence-electron chi connectivity index (χ2n) is 38.9. The summed E-state index contributed by atoms with van der Waals surface area (Å²) in [6, 6.07) is 81.2. The molecule has 0 unspecified atom stereocenters. The molecule has 5 heterocycles. The fraction of sp³-hybridized carbons (Fsp3) is 0.286. The molecule has 0 aliphatic rings. The molecule has 0 N–H and O–H groups in total. The number of ketones is 10. The zero-order valence-corrected chi connectivity index (χ0v) is 98.2. The molecule has 0 amide bonds. The number of hydrogen-bond donors (Lipinski definition) is 0. The van der Waals surface area contributed by atoms with Crippen LogP contribution in [0.25, 0.3) is 110 Å². The minimum atomic E-state index is -4.36. The van der Waals surface area contributed by atoms with Crippen molar-refractivity contribution < 1.29 is 204 Å². The first-order valence-corrected chi connectivity index (χ1v) is 45.7. The zero-order valence-electron chi connectivity index (χ0n) is 92.2. The van der Waals surface area contributed by atoms with Gasteiger partial charge in [0.15, 0.2) is 0 Å². The van der Waals surface area contributed by atoms with Gasteiger partial charge in [0.1, 0.15) is 57.8 Å². The molecule has 0 aliphatic heterocycles. The number of nitrogens with zero attached hydrogens (tertiary/aromatic N) is 5. The van der Waals surface area contributed by atoms with Crippen molar-refractivity contribution in [3.8, 4) is 56.3 Å². The van der Waals surface area contributed by atoms with E-state index in [1.807, 2.05) is 211 Å². The molecule has 0 saturated carbocycles. The summed E-state index contributed by atoms with van der Waals surface area (Å²) in [5, 5.41) is 10.2. The Balaban J connectivity index is -0.000000267. The summed E-state index contributed by atoms with van der Waals surface area (Å²) in [5.41, 5.74) is 5.64. The number of alkyl halides is 6. The van der Waals surface area contributed by atoms with Crippen LogP contribution in [0.2, 0.25) is 0 Å². The molecule has 0 saturated heterocycles. The number of hydrogen-bond acceptors (Lipinski definition) is 15. The molecule has 809 valence electrons. The van der Waals surface area contributed by atoms with Crippen molar-refractivity contribution in [2.45, 2.75) is 202 Å². The molecule has 148 heavy (non-hydrogen) atoms. The number of halogens is 9. The largest absolute Gasteiger partial charge is 0.399 e. The van der Waals surface area contributed by atoms with Crippen molar-refractivity contribution in [2.75, 3.05) is 0 Å². The number of carbonyl (C=O) groups excluding carboxylic acids is 10. The smallest absolute Gasteiger partial charge is 0.304 e. The molecule has 15 aromatic rings. The SMILES string of the molecule is CC(=O)CC(C)=O.CC(=O)CC(C)=O.CC(=O)CC(C)=O.CC(C)(C)C(=O)CC(=O)C(C)(C)C.CC(C)(C)C(=O)CC(=O)C(C)(C)C.CC(C)(C)c1c[c-]c(-c2nccc3ccccc23)cc1.Cc1cc(-c2nccc3ccccc23)[c-]cc1F.FC(F)(F)c1c[c-]c(-c2nccc3ccccc23)cc1.FC(F)(F)c1cc[c-]c(-c2cc3ccccc3cn2)c1.Fc1[c-]c(-c2nccc3ccccc23)cc(F)c1.[2HH].[2HH].[2HH].[2HH].[2HH].[2H][2H].[2H][2H].[2H][2H].[Ir].[Ir].[Ir].[Ir].[Ir]. The number of rotatable bonds is 15. The molecule has 0 bridgehead atoms. The van der Waals surface area contributed by atoms with Crippen LogP contribution in [0.5, 0.6) is 0 Å². The third-order valence-electron chi connectivity index (χ3n) is 20.9. The number of carbonyl (C=O) groups is 10. The Labute approximate surface area is 945 Å². The van der Waals surface area contributed by atoms with Crippen molar-refractivity contribution >= 4 is 112 Å². The van der Waals surface area contributed by atoms with Crippen LogP contribution in [-0.4, -0.2) is 82.8 Å². The molecular weight excluding hydrogens is 2790 g/mol. The Morgan fingerprint density at radius 2 is 0.615 bits per heavy atom. The van der Waals surface area contributed by atoms with Crippen LogP contribution in [0.15, 0.2) is 262 Å². The predicted molar refractivity (Wildman–Crippen MR) is 565 cm³/mol. The summed E-state index contributed by atoms with van der Waals surface area (Å²) in [5.74, 6) is -1.88. The maximum atomic E-state index is 13.3. The van der Waals surface area contributed by atoms with Gasteiger partial charge in [0, 0.05) is 187 Å². The number of pyridine rings is 5. The van der Waals surface area contributed by atoms with Gasteiger partial charge in [-0.25, -0.2) is 8.78 Å². The van der Waals surface area contributed by atoms with Gasteiger partial charge in [-0.3, -0.25) is 52.3 Å². The molecule has 5 aromatic heterocycles. The number of aryl methyl sites for hydroxylation is 1. The summed E-state index contributed by atoms with van der Waals surface area (Å²) in [6.45, 7) is 38.9. The van der Waals surface area contributed by atoms with Gasteiger partial charge in [-0.2, -0.15) is 26.3 Å². The second-order valence-corrected chi connectivity index (χ2v) is 38.9.